The Kier molecular flexibility index (Phi) is 6.54. The first-order chi connectivity index (χ1) is 23.0. The molecule has 8 aromatic rings. The van der Waals surface area contributed by atoms with Crippen LogP contribution in [0.5, 0.6) is 0 Å². The van der Waals surface area contributed by atoms with Gasteiger partial charge in [0.1, 0.15) is 0 Å². The molecule has 48 heavy (non-hydrogen) atoms. The number of rotatable bonds is 3. The van der Waals surface area contributed by atoms with Crippen LogP contribution in [0.2, 0.25) is 0 Å². The Hall–Kier alpha value is -5.80. The number of hydrogen-bond donors (Lipinski definition) is 0. The summed E-state index contributed by atoms with van der Waals surface area (Å²) in [5.41, 5.74) is 8.48. The van der Waals surface area contributed by atoms with Gasteiger partial charge >= 0.3 is 6.18 Å². The highest BCUT2D eigenvalue weighted by Gasteiger charge is 2.36. The minimum atomic E-state index is -4.67. The first-order valence-corrected chi connectivity index (χ1v) is 15.8. The number of benzene rings is 6. The van der Waals surface area contributed by atoms with E-state index in [0.29, 0.717) is 16.9 Å². The molecule has 0 radical (unpaired) electrons. The Labute approximate surface area is 275 Å². The first kappa shape index (κ1) is 29.6. The monoisotopic (exact) mass is 633 g/mol. The van der Waals surface area contributed by atoms with Crippen LogP contribution in [0.25, 0.3) is 66.1 Å². The molecule has 6 aromatic carbocycles. The van der Waals surface area contributed by atoms with Crippen molar-refractivity contribution in [2.75, 3.05) is 0 Å². The van der Waals surface area contributed by atoms with Crippen molar-refractivity contribution in [3.05, 3.63) is 143 Å². The molecule has 0 amide bonds. The average molecular weight is 634 g/mol. The zero-order chi connectivity index (χ0) is 33.5. The molecule has 234 valence electrons. The summed E-state index contributed by atoms with van der Waals surface area (Å²) in [6, 6.07) is 36.1. The number of fused-ring (bicyclic) bond motifs is 6. The van der Waals surface area contributed by atoms with Crippen molar-refractivity contribution < 1.29 is 13.2 Å². The van der Waals surface area contributed by atoms with Crippen molar-refractivity contribution in [1.82, 2.24) is 9.13 Å². The largest absolute Gasteiger partial charge is 0.417 e. The summed E-state index contributed by atoms with van der Waals surface area (Å²) in [5.74, 6) is 0. The van der Waals surface area contributed by atoms with Gasteiger partial charge < -0.3 is 9.13 Å². The van der Waals surface area contributed by atoms with Crippen LogP contribution >= 0.6 is 0 Å². The van der Waals surface area contributed by atoms with Crippen molar-refractivity contribution in [2.24, 2.45) is 0 Å². The number of aromatic nitrogens is 2. The molecule has 0 saturated carbocycles. The fourth-order valence-corrected chi connectivity index (χ4v) is 7.27. The van der Waals surface area contributed by atoms with Gasteiger partial charge in [-0.2, -0.15) is 18.4 Å². The highest BCUT2D eigenvalue weighted by Crippen LogP contribution is 2.46. The summed E-state index contributed by atoms with van der Waals surface area (Å²) < 4.78 is 49.8. The van der Waals surface area contributed by atoms with Gasteiger partial charge in [-0.3, -0.25) is 0 Å². The van der Waals surface area contributed by atoms with E-state index < -0.39 is 11.7 Å². The van der Waals surface area contributed by atoms with Crippen LogP contribution in [0.4, 0.5) is 13.2 Å². The lowest BCUT2D eigenvalue weighted by Crippen LogP contribution is -2.11. The summed E-state index contributed by atoms with van der Waals surface area (Å²) >= 11 is 0. The van der Waals surface area contributed by atoms with E-state index in [1.165, 1.54) is 6.07 Å². The summed E-state index contributed by atoms with van der Waals surface area (Å²) in [4.78, 5) is 0. The molecule has 0 aliphatic rings. The molecule has 0 aliphatic heterocycles. The Morgan fingerprint density at radius 2 is 0.958 bits per heavy atom. The maximum atomic E-state index is 15.3. The standard InChI is InChI=1S/C42H30F3N3/c1-24-8-13-35-29(18-24)30-19-25(2)9-14-36(30)47(35)39-17-12-28(23-46)22-33(39)41-34(42(43,44)45)6-5-7-40(41)48-37-15-10-26(3)20-31(37)32-21-27(4)11-16-38(32)48/h5-22H,1-4H3. The molecular weight excluding hydrogens is 603 g/mol. The third-order valence-electron chi connectivity index (χ3n) is 9.38. The molecular formula is C42H30F3N3. The highest BCUT2D eigenvalue weighted by molar-refractivity contribution is 6.12. The fourth-order valence-electron chi connectivity index (χ4n) is 7.27. The van der Waals surface area contributed by atoms with Gasteiger partial charge in [0.2, 0.25) is 0 Å². The minimum absolute atomic E-state index is 0.0197. The fraction of sp³-hybridized carbons (Fsp3) is 0.119. The van der Waals surface area contributed by atoms with E-state index >= 15 is 13.2 Å². The van der Waals surface area contributed by atoms with E-state index in [-0.39, 0.29) is 11.1 Å². The Morgan fingerprint density at radius 3 is 1.38 bits per heavy atom. The van der Waals surface area contributed by atoms with Gasteiger partial charge in [-0.1, -0.05) is 52.6 Å². The van der Waals surface area contributed by atoms with Crippen LogP contribution in [0.15, 0.2) is 109 Å². The summed E-state index contributed by atoms with van der Waals surface area (Å²) in [5, 5.41) is 14.0. The van der Waals surface area contributed by atoms with Crippen LogP contribution in [-0.4, -0.2) is 9.13 Å². The number of alkyl halides is 3. The van der Waals surface area contributed by atoms with Crippen molar-refractivity contribution in [3.8, 4) is 28.6 Å². The smallest absolute Gasteiger partial charge is 0.309 e. The topological polar surface area (TPSA) is 33.6 Å². The molecule has 2 aromatic heterocycles. The van der Waals surface area contributed by atoms with Gasteiger partial charge in [-0.25, -0.2) is 0 Å². The second-order valence-electron chi connectivity index (χ2n) is 12.8. The molecule has 0 unspecified atom stereocenters. The maximum Gasteiger partial charge on any atom is 0.417 e. The van der Waals surface area contributed by atoms with Crippen LogP contribution < -0.4 is 0 Å². The lowest BCUT2D eigenvalue weighted by Gasteiger charge is -2.22. The van der Waals surface area contributed by atoms with Crippen LogP contribution in [0.1, 0.15) is 33.4 Å². The average Bonchev–Trinajstić information content (AvgIpc) is 3.54. The highest BCUT2D eigenvalue weighted by atomic mass is 19.4. The minimum Gasteiger partial charge on any atom is -0.309 e. The zero-order valence-corrected chi connectivity index (χ0v) is 26.9. The van der Waals surface area contributed by atoms with E-state index in [2.05, 4.69) is 30.3 Å². The molecule has 0 N–H and O–H groups in total. The van der Waals surface area contributed by atoms with Crippen molar-refractivity contribution in [2.45, 2.75) is 33.9 Å². The SMILES string of the molecule is Cc1ccc2c(c1)c1cc(C)ccc1n2-c1ccc(C#N)cc1-c1c(-n2c3ccc(C)cc3c3cc(C)ccc32)cccc1C(F)(F)F. The molecule has 8 rings (SSSR count). The third-order valence-corrected chi connectivity index (χ3v) is 9.38. The molecule has 0 bridgehead atoms. The Balaban J connectivity index is 1.56. The van der Waals surface area contributed by atoms with Gasteiger partial charge in [0.25, 0.3) is 0 Å². The summed E-state index contributed by atoms with van der Waals surface area (Å²) in [6.07, 6.45) is -4.67. The number of aryl methyl sites for hydroxylation is 4. The van der Waals surface area contributed by atoms with Crippen molar-refractivity contribution in [3.63, 3.8) is 0 Å². The lowest BCUT2D eigenvalue weighted by molar-refractivity contribution is -0.137. The zero-order valence-electron chi connectivity index (χ0n) is 26.9. The molecule has 0 aliphatic carbocycles. The van der Waals surface area contributed by atoms with Crippen LogP contribution in [-0.2, 0) is 6.18 Å². The third kappa shape index (κ3) is 4.50. The molecule has 2 heterocycles. The summed E-state index contributed by atoms with van der Waals surface area (Å²) in [6.45, 7) is 8.10. The van der Waals surface area contributed by atoms with Gasteiger partial charge in [0.15, 0.2) is 0 Å². The van der Waals surface area contributed by atoms with Crippen LogP contribution in [0.3, 0.4) is 0 Å². The van der Waals surface area contributed by atoms with E-state index in [1.54, 1.807) is 24.3 Å². The second-order valence-corrected chi connectivity index (χ2v) is 12.8. The molecule has 0 spiro atoms. The maximum absolute atomic E-state index is 15.3. The Bertz CT molecular complexity index is 2540. The number of hydrogen-bond acceptors (Lipinski definition) is 1. The number of halogens is 3. The normalized spacial score (nSPS) is 12.0. The van der Waals surface area contributed by atoms with Crippen molar-refractivity contribution in [1.29, 1.82) is 5.26 Å². The molecule has 0 atom stereocenters. The van der Waals surface area contributed by atoms with E-state index in [9.17, 15) is 5.26 Å². The number of nitriles is 1. The molecule has 0 saturated heterocycles. The van der Waals surface area contributed by atoms with Crippen molar-refractivity contribution >= 4 is 43.6 Å². The van der Waals surface area contributed by atoms with Gasteiger partial charge in [0.05, 0.1) is 50.6 Å². The van der Waals surface area contributed by atoms with E-state index in [1.807, 2.05) is 85.4 Å². The summed E-state index contributed by atoms with van der Waals surface area (Å²) in [7, 11) is 0. The lowest BCUT2D eigenvalue weighted by atomic mass is 9.93. The second kappa shape index (κ2) is 10.6. The first-order valence-electron chi connectivity index (χ1n) is 15.8. The van der Waals surface area contributed by atoms with E-state index in [0.717, 1.165) is 71.9 Å². The number of nitrogens with zero attached hydrogens (tertiary/aromatic N) is 3. The van der Waals surface area contributed by atoms with Gasteiger partial charge in [-0.05, 0) is 107 Å². The Morgan fingerprint density at radius 1 is 0.521 bits per heavy atom. The van der Waals surface area contributed by atoms with Crippen LogP contribution in [0, 0.1) is 39.0 Å². The van der Waals surface area contributed by atoms with Gasteiger partial charge in [0, 0.05) is 32.7 Å². The quantitative estimate of drug-likeness (QED) is 0.191. The molecule has 0 fully saturated rings. The predicted octanol–water partition coefficient (Wildman–Crippen LogP) is 11.7. The van der Waals surface area contributed by atoms with E-state index in [4.69, 9.17) is 0 Å². The molecule has 6 heteroatoms. The molecule has 3 nitrogen and oxygen atoms in total. The predicted molar refractivity (Wildman–Crippen MR) is 189 cm³/mol. The van der Waals surface area contributed by atoms with Gasteiger partial charge in [-0.15, -0.1) is 0 Å².